The van der Waals surface area contributed by atoms with Crippen LogP contribution in [-0.4, -0.2) is 172 Å². The molecule has 19 heteroatoms. The average molecular weight is 642 g/mol. The SMILES string of the molecule is NC1CCC(CNCCO)OC1OC1C(N)CC(NC(=O)C(O)C(N)C(N)CO)C(OC2OC(CO)C(O)C(N)C2O)C1O. The monoisotopic (exact) mass is 641 g/mol. The van der Waals surface area contributed by atoms with Crippen molar-refractivity contribution in [3.05, 3.63) is 0 Å². The Balaban J connectivity index is 1.82. The van der Waals surface area contributed by atoms with E-state index in [2.05, 4.69) is 10.6 Å². The first-order valence-electron chi connectivity index (χ1n) is 14.8. The second-order valence-corrected chi connectivity index (χ2v) is 11.7. The van der Waals surface area contributed by atoms with Gasteiger partial charge in [-0.2, -0.15) is 0 Å². The zero-order chi connectivity index (χ0) is 32.7. The Morgan fingerprint density at radius 3 is 2.23 bits per heavy atom. The van der Waals surface area contributed by atoms with E-state index >= 15 is 0 Å². The van der Waals surface area contributed by atoms with Gasteiger partial charge in [0.05, 0.1) is 50.1 Å². The van der Waals surface area contributed by atoms with Crippen LogP contribution < -0.4 is 39.3 Å². The molecule has 19 nitrogen and oxygen atoms in total. The van der Waals surface area contributed by atoms with Gasteiger partial charge in [0.25, 0.3) is 5.91 Å². The molecule has 2 saturated heterocycles. The summed E-state index contributed by atoms with van der Waals surface area (Å²) in [6.45, 7) is -0.512. The number of nitrogens with two attached hydrogens (primary N) is 5. The topological polar surface area (TPSA) is 350 Å². The van der Waals surface area contributed by atoms with E-state index in [-0.39, 0.29) is 19.1 Å². The molecule has 0 spiro atoms. The smallest absolute Gasteiger partial charge is 0.250 e. The molecule has 0 aromatic carbocycles. The van der Waals surface area contributed by atoms with Gasteiger partial charge in [-0.3, -0.25) is 4.79 Å². The van der Waals surface area contributed by atoms with Crippen LogP contribution in [0.3, 0.4) is 0 Å². The van der Waals surface area contributed by atoms with Crippen molar-refractivity contribution >= 4 is 5.91 Å². The van der Waals surface area contributed by atoms with Crippen molar-refractivity contribution in [3.8, 4) is 0 Å². The molecule has 0 aromatic heterocycles. The molecular formula is C25H51N7O12. The summed E-state index contributed by atoms with van der Waals surface area (Å²) in [5.41, 5.74) is 30.0. The van der Waals surface area contributed by atoms with Gasteiger partial charge < -0.3 is 94.0 Å². The van der Waals surface area contributed by atoms with E-state index in [1.807, 2.05) is 0 Å². The van der Waals surface area contributed by atoms with Crippen LogP contribution in [-0.2, 0) is 23.7 Å². The predicted molar refractivity (Wildman–Crippen MR) is 151 cm³/mol. The van der Waals surface area contributed by atoms with Gasteiger partial charge in [0.15, 0.2) is 12.6 Å². The summed E-state index contributed by atoms with van der Waals surface area (Å²) in [7, 11) is 0. The highest BCUT2D eigenvalue weighted by atomic mass is 16.7. The number of hydrogen-bond donors (Lipinski definition) is 14. The third-order valence-electron chi connectivity index (χ3n) is 8.36. The fraction of sp³-hybridized carbons (Fsp3) is 0.960. The molecule has 0 aromatic rings. The average Bonchev–Trinajstić information content (AvgIpc) is 3.01. The summed E-state index contributed by atoms with van der Waals surface area (Å²) >= 11 is 0. The molecule has 16 atom stereocenters. The molecular weight excluding hydrogens is 590 g/mol. The quantitative estimate of drug-likeness (QED) is 0.0782. The van der Waals surface area contributed by atoms with Gasteiger partial charge in [0.1, 0.15) is 42.7 Å². The largest absolute Gasteiger partial charge is 0.395 e. The Morgan fingerprint density at radius 1 is 0.909 bits per heavy atom. The molecule has 3 fully saturated rings. The van der Waals surface area contributed by atoms with Crippen molar-refractivity contribution in [3.63, 3.8) is 0 Å². The Labute approximate surface area is 254 Å². The van der Waals surface area contributed by atoms with Crippen molar-refractivity contribution in [1.82, 2.24) is 10.6 Å². The number of amides is 1. The van der Waals surface area contributed by atoms with Crippen LogP contribution in [0.25, 0.3) is 0 Å². The lowest BCUT2D eigenvalue weighted by atomic mass is 9.83. The molecule has 2 heterocycles. The molecule has 3 rings (SSSR count). The minimum absolute atomic E-state index is 0.0477. The van der Waals surface area contributed by atoms with Crippen molar-refractivity contribution < 1.29 is 59.5 Å². The molecule has 1 aliphatic carbocycles. The van der Waals surface area contributed by atoms with E-state index in [0.29, 0.717) is 25.9 Å². The highest BCUT2D eigenvalue weighted by Gasteiger charge is 2.51. The number of aliphatic hydroxyl groups excluding tert-OH is 7. The number of nitrogens with one attached hydrogen (secondary N) is 2. The molecule has 44 heavy (non-hydrogen) atoms. The van der Waals surface area contributed by atoms with E-state index < -0.39 is 111 Å². The number of aliphatic hydroxyl groups is 7. The standard InChI is InChI=1S/C25H51N7O12/c26-10-2-1-9(6-31-3-4-33)41-24(10)43-21-11(27)5-13(32-23(40)18(37)15(29)12(28)7-34)22(20(21)39)44-25-19(38)16(30)17(36)14(8-35)42-25/h9-22,24-25,31,33-39H,1-8,26-30H2,(H,32,40). The summed E-state index contributed by atoms with van der Waals surface area (Å²) in [5.74, 6) is -1.000. The van der Waals surface area contributed by atoms with Crippen molar-refractivity contribution in [1.29, 1.82) is 0 Å². The lowest BCUT2D eigenvalue weighted by Crippen LogP contribution is -2.69. The molecule has 1 saturated carbocycles. The Bertz CT molecular complexity index is 883. The second kappa shape index (κ2) is 17.1. The van der Waals surface area contributed by atoms with E-state index in [4.69, 9.17) is 52.7 Å². The maximum Gasteiger partial charge on any atom is 0.250 e. The van der Waals surface area contributed by atoms with E-state index in [0.717, 1.165) is 0 Å². The van der Waals surface area contributed by atoms with Crippen LogP contribution in [0, 0.1) is 0 Å². The molecule has 0 bridgehead atoms. The number of carbonyl (C=O) groups is 1. The highest BCUT2D eigenvalue weighted by Crippen LogP contribution is 2.31. The third-order valence-corrected chi connectivity index (χ3v) is 8.36. The van der Waals surface area contributed by atoms with E-state index in [1.165, 1.54) is 0 Å². The summed E-state index contributed by atoms with van der Waals surface area (Å²) in [5, 5.41) is 76.4. The molecule has 258 valence electrons. The van der Waals surface area contributed by atoms with Gasteiger partial charge in [-0.05, 0) is 19.3 Å². The van der Waals surface area contributed by atoms with Crippen LogP contribution >= 0.6 is 0 Å². The zero-order valence-electron chi connectivity index (χ0n) is 24.5. The first-order valence-corrected chi connectivity index (χ1v) is 14.8. The fourth-order valence-electron chi connectivity index (χ4n) is 5.57. The lowest BCUT2D eigenvalue weighted by Gasteiger charge is -2.48. The Hall–Kier alpha value is -1.21. The van der Waals surface area contributed by atoms with Crippen LogP contribution in [0.15, 0.2) is 0 Å². The molecule has 1 amide bonds. The normalized spacial score (nSPS) is 42.0. The minimum Gasteiger partial charge on any atom is -0.395 e. The lowest BCUT2D eigenvalue weighted by molar-refractivity contribution is -0.314. The van der Waals surface area contributed by atoms with Crippen molar-refractivity contribution in [2.24, 2.45) is 28.7 Å². The van der Waals surface area contributed by atoms with Crippen LogP contribution in [0.5, 0.6) is 0 Å². The van der Waals surface area contributed by atoms with Crippen molar-refractivity contribution in [2.45, 2.75) is 117 Å². The number of rotatable bonds is 14. The van der Waals surface area contributed by atoms with Gasteiger partial charge in [0.2, 0.25) is 0 Å². The van der Waals surface area contributed by atoms with Crippen LogP contribution in [0.2, 0.25) is 0 Å². The summed E-state index contributed by atoms with van der Waals surface area (Å²) < 4.78 is 23.6. The first-order chi connectivity index (χ1) is 20.8. The maximum absolute atomic E-state index is 13.0. The highest BCUT2D eigenvalue weighted by molar-refractivity contribution is 5.81. The molecule has 3 aliphatic rings. The van der Waals surface area contributed by atoms with Gasteiger partial charge >= 0.3 is 0 Å². The van der Waals surface area contributed by atoms with E-state index in [1.54, 1.807) is 0 Å². The Morgan fingerprint density at radius 2 is 1.59 bits per heavy atom. The molecule has 16 unspecified atom stereocenters. The zero-order valence-corrected chi connectivity index (χ0v) is 24.5. The van der Waals surface area contributed by atoms with Gasteiger partial charge in [0, 0.05) is 25.2 Å². The van der Waals surface area contributed by atoms with Crippen LogP contribution in [0.4, 0.5) is 0 Å². The maximum atomic E-state index is 13.0. The first kappa shape index (κ1) is 37.2. The number of carbonyl (C=O) groups excluding carboxylic acids is 1. The van der Waals surface area contributed by atoms with E-state index in [9.17, 15) is 35.4 Å². The Kier molecular flexibility index (Phi) is 14.5. The van der Waals surface area contributed by atoms with Crippen LogP contribution in [0.1, 0.15) is 19.3 Å². The summed E-state index contributed by atoms with van der Waals surface area (Å²) in [4.78, 5) is 13.0. The second-order valence-electron chi connectivity index (χ2n) is 11.7. The van der Waals surface area contributed by atoms with Crippen molar-refractivity contribution in [2.75, 3.05) is 32.9 Å². The number of hydrogen-bond acceptors (Lipinski definition) is 18. The van der Waals surface area contributed by atoms with Gasteiger partial charge in [-0.1, -0.05) is 0 Å². The predicted octanol–water partition coefficient (Wildman–Crippen LogP) is -8.48. The molecule has 2 aliphatic heterocycles. The minimum atomic E-state index is -1.86. The number of ether oxygens (including phenoxy) is 4. The fourth-order valence-corrected chi connectivity index (χ4v) is 5.57. The summed E-state index contributed by atoms with van der Waals surface area (Å²) in [6, 6.07) is -6.37. The summed E-state index contributed by atoms with van der Waals surface area (Å²) in [6.07, 6.45) is -12.1. The van der Waals surface area contributed by atoms with Gasteiger partial charge in [-0.25, -0.2) is 0 Å². The molecule has 0 radical (unpaired) electrons. The van der Waals surface area contributed by atoms with Gasteiger partial charge in [-0.15, -0.1) is 0 Å². The third kappa shape index (κ3) is 8.98. The molecule has 19 N–H and O–H groups in total.